The number of benzene rings is 1. The van der Waals surface area contributed by atoms with E-state index in [9.17, 15) is 9.59 Å². The zero-order chi connectivity index (χ0) is 18.5. The van der Waals surface area contributed by atoms with Crippen LogP contribution in [0.25, 0.3) is 6.08 Å². The van der Waals surface area contributed by atoms with Crippen LogP contribution in [0.4, 0.5) is 10.8 Å². The van der Waals surface area contributed by atoms with E-state index in [2.05, 4.69) is 4.98 Å². The molecule has 0 spiro atoms. The summed E-state index contributed by atoms with van der Waals surface area (Å²) in [5, 5.41) is 2.41. The van der Waals surface area contributed by atoms with Crippen molar-refractivity contribution in [2.24, 2.45) is 0 Å². The summed E-state index contributed by atoms with van der Waals surface area (Å²) in [5.41, 5.74) is 1.42. The molecule has 3 rings (SSSR count). The van der Waals surface area contributed by atoms with Gasteiger partial charge in [0, 0.05) is 31.5 Å². The van der Waals surface area contributed by atoms with Gasteiger partial charge in [-0.3, -0.25) is 14.5 Å². The lowest BCUT2D eigenvalue weighted by Crippen LogP contribution is -2.43. The molecule has 0 saturated carbocycles. The van der Waals surface area contributed by atoms with Crippen LogP contribution in [0, 0.1) is 0 Å². The smallest absolute Gasteiger partial charge is 0.246 e. The molecule has 136 valence electrons. The molecule has 1 unspecified atom stereocenters. The molecule has 0 radical (unpaired) electrons. The molecule has 26 heavy (non-hydrogen) atoms. The van der Waals surface area contributed by atoms with Gasteiger partial charge in [-0.25, -0.2) is 4.98 Å². The van der Waals surface area contributed by atoms with E-state index in [1.807, 2.05) is 42.6 Å². The second kappa shape index (κ2) is 8.25. The summed E-state index contributed by atoms with van der Waals surface area (Å²) in [6.07, 6.45) is 3.27. The first-order chi connectivity index (χ1) is 12.5. The van der Waals surface area contributed by atoms with Crippen LogP contribution < -0.4 is 4.90 Å². The molecule has 1 aromatic carbocycles. The minimum absolute atomic E-state index is 0.0545. The van der Waals surface area contributed by atoms with Gasteiger partial charge in [0.15, 0.2) is 5.13 Å². The fourth-order valence-corrected chi connectivity index (χ4v) is 3.60. The van der Waals surface area contributed by atoms with Crippen LogP contribution in [0.1, 0.15) is 19.5 Å². The number of morpholine rings is 1. The second-order valence-corrected chi connectivity index (χ2v) is 6.88. The van der Waals surface area contributed by atoms with Crippen molar-refractivity contribution in [1.29, 1.82) is 0 Å². The van der Waals surface area contributed by atoms with Gasteiger partial charge in [0.25, 0.3) is 0 Å². The topological polar surface area (TPSA) is 62.7 Å². The van der Waals surface area contributed by atoms with Crippen molar-refractivity contribution in [3.05, 3.63) is 47.5 Å². The van der Waals surface area contributed by atoms with Crippen LogP contribution in [0.3, 0.4) is 0 Å². The molecule has 1 fully saturated rings. The molecule has 1 aliphatic rings. The van der Waals surface area contributed by atoms with Crippen molar-refractivity contribution in [3.63, 3.8) is 0 Å². The second-order valence-electron chi connectivity index (χ2n) is 6.04. The molecule has 1 aromatic heterocycles. The van der Waals surface area contributed by atoms with Gasteiger partial charge in [-0.2, -0.15) is 0 Å². The van der Waals surface area contributed by atoms with Crippen LogP contribution >= 0.6 is 11.3 Å². The van der Waals surface area contributed by atoms with Gasteiger partial charge in [-0.05, 0) is 25.1 Å². The van der Waals surface area contributed by atoms with Gasteiger partial charge in [0.05, 0.1) is 24.1 Å². The first-order valence-electron chi connectivity index (χ1n) is 8.44. The maximum absolute atomic E-state index is 12.3. The Bertz CT molecular complexity index is 803. The van der Waals surface area contributed by atoms with Crippen LogP contribution in [0.15, 0.2) is 41.8 Å². The Kier molecular flexibility index (Phi) is 5.80. The Balaban J connectivity index is 1.72. The zero-order valence-electron chi connectivity index (χ0n) is 14.8. The van der Waals surface area contributed by atoms with E-state index < -0.39 is 0 Å². The molecule has 0 N–H and O–H groups in total. The summed E-state index contributed by atoms with van der Waals surface area (Å²) in [6.45, 7) is 5.22. The molecular weight excluding hydrogens is 350 g/mol. The zero-order valence-corrected chi connectivity index (χ0v) is 15.6. The van der Waals surface area contributed by atoms with Gasteiger partial charge in [-0.15, -0.1) is 11.3 Å². The Labute approximate surface area is 156 Å². The molecule has 1 saturated heterocycles. The largest absolute Gasteiger partial charge is 0.375 e. The molecule has 2 amide bonds. The Morgan fingerprint density at radius 3 is 2.81 bits per heavy atom. The predicted molar refractivity (Wildman–Crippen MR) is 102 cm³/mol. The predicted octanol–water partition coefficient (Wildman–Crippen LogP) is 3.09. The number of hydrogen-bond acceptors (Lipinski definition) is 5. The number of carbonyl (C=O) groups is 2. The normalized spacial score (nSPS) is 17.5. The number of thiazole rings is 1. The summed E-state index contributed by atoms with van der Waals surface area (Å²) < 4.78 is 5.45. The van der Waals surface area contributed by atoms with Crippen molar-refractivity contribution in [3.8, 4) is 0 Å². The van der Waals surface area contributed by atoms with Crippen LogP contribution in [0.5, 0.6) is 0 Å². The molecule has 1 aliphatic heterocycles. The average molecular weight is 371 g/mol. The van der Waals surface area contributed by atoms with Gasteiger partial charge in [-0.1, -0.05) is 18.2 Å². The van der Waals surface area contributed by atoms with Gasteiger partial charge in [0.2, 0.25) is 11.8 Å². The molecule has 0 aliphatic carbocycles. The van der Waals surface area contributed by atoms with Gasteiger partial charge >= 0.3 is 0 Å². The van der Waals surface area contributed by atoms with Crippen molar-refractivity contribution >= 4 is 40.0 Å². The quantitative estimate of drug-likeness (QED) is 0.775. The summed E-state index contributed by atoms with van der Waals surface area (Å²) in [7, 11) is 0. The van der Waals surface area contributed by atoms with E-state index in [4.69, 9.17) is 4.74 Å². The number of nitrogens with zero attached hydrogens (tertiary/aromatic N) is 3. The highest BCUT2D eigenvalue weighted by Crippen LogP contribution is 2.29. The van der Waals surface area contributed by atoms with Crippen LogP contribution in [0.2, 0.25) is 0 Å². The molecule has 6 nitrogen and oxygen atoms in total. The van der Waals surface area contributed by atoms with Crippen molar-refractivity contribution in [1.82, 2.24) is 9.88 Å². The van der Waals surface area contributed by atoms with E-state index in [0.717, 1.165) is 5.69 Å². The molecule has 2 aromatic rings. The summed E-state index contributed by atoms with van der Waals surface area (Å²) in [4.78, 5) is 32.2. The monoisotopic (exact) mass is 371 g/mol. The Morgan fingerprint density at radius 1 is 1.35 bits per heavy atom. The van der Waals surface area contributed by atoms with E-state index >= 15 is 0 Å². The molecular formula is C19H21N3O3S. The Hall–Kier alpha value is -2.51. The minimum atomic E-state index is -0.112. The van der Waals surface area contributed by atoms with Gasteiger partial charge < -0.3 is 9.64 Å². The minimum Gasteiger partial charge on any atom is -0.375 e. The fraction of sp³-hybridized carbons (Fsp3) is 0.316. The number of anilines is 2. The number of aromatic nitrogens is 1. The Morgan fingerprint density at radius 2 is 2.12 bits per heavy atom. The van der Waals surface area contributed by atoms with E-state index in [1.54, 1.807) is 15.9 Å². The van der Waals surface area contributed by atoms with Crippen molar-refractivity contribution < 1.29 is 14.3 Å². The summed E-state index contributed by atoms with van der Waals surface area (Å²) in [5.74, 6) is -0.166. The maximum atomic E-state index is 12.3. The lowest BCUT2D eigenvalue weighted by atomic mass is 10.3. The highest BCUT2D eigenvalue weighted by atomic mass is 32.1. The van der Waals surface area contributed by atoms with Crippen molar-refractivity contribution in [2.75, 3.05) is 24.6 Å². The standard InChI is InChI=1S/C19H21N3O3S/c1-14-12-21(10-11-25-14)18(24)9-8-16-13-26-19(20-16)22(15(2)23)17-6-4-3-5-7-17/h3-9,13-14H,10-12H2,1-2H3/b9-8+. The van der Waals surface area contributed by atoms with E-state index in [0.29, 0.717) is 30.5 Å². The highest BCUT2D eigenvalue weighted by Gasteiger charge is 2.20. The van der Waals surface area contributed by atoms with E-state index in [-0.39, 0.29) is 17.9 Å². The third-order valence-corrected chi connectivity index (χ3v) is 4.82. The summed E-state index contributed by atoms with van der Waals surface area (Å²) in [6, 6.07) is 9.38. The number of amides is 2. The summed E-state index contributed by atoms with van der Waals surface area (Å²) >= 11 is 1.37. The number of ether oxygens (including phenoxy) is 1. The highest BCUT2D eigenvalue weighted by molar-refractivity contribution is 7.14. The van der Waals surface area contributed by atoms with Crippen LogP contribution in [-0.4, -0.2) is 47.5 Å². The number of rotatable bonds is 4. The molecule has 0 bridgehead atoms. The average Bonchev–Trinajstić information content (AvgIpc) is 3.09. The third kappa shape index (κ3) is 4.36. The third-order valence-electron chi connectivity index (χ3n) is 3.98. The first-order valence-corrected chi connectivity index (χ1v) is 9.32. The number of carbonyl (C=O) groups excluding carboxylic acids is 2. The lowest BCUT2D eigenvalue weighted by Gasteiger charge is -2.30. The molecule has 7 heteroatoms. The van der Waals surface area contributed by atoms with Crippen LogP contribution in [-0.2, 0) is 14.3 Å². The lowest BCUT2D eigenvalue weighted by molar-refractivity contribution is -0.132. The molecule has 1 atom stereocenters. The van der Waals surface area contributed by atoms with Crippen molar-refractivity contribution in [2.45, 2.75) is 20.0 Å². The SMILES string of the molecule is CC(=O)N(c1ccccc1)c1nc(/C=C/C(=O)N2CCOC(C)C2)cs1. The number of para-hydroxylation sites is 1. The molecule has 2 heterocycles. The first kappa shape index (κ1) is 18.3. The van der Waals surface area contributed by atoms with E-state index in [1.165, 1.54) is 24.3 Å². The fourth-order valence-electron chi connectivity index (χ4n) is 2.74. The number of hydrogen-bond donors (Lipinski definition) is 0. The maximum Gasteiger partial charge on any atom is 0.246 e. The van der Waals surface area contributed by atoms with Gasteiger partial charge in [0.1, 0.15) is 0 Å².